The number of urea groups is 1. The zero-order chi connectivity index (χ0) is 13.5. The number of hydrogen-bond acceptors (Lipinski definition) is 1. The lowest BCUT2D eigenvalue weighted by Crippen LogP contribution is -2.40. The monoisotopic (exact) mass is 258 g/mol. The van der Waals surface area contributed by atoms with E-state index in [4.69, 9.17) is 0 Å². The van der Waals surface area contributed by atoms with Crippen LogP contribution < -0.4 is 10.6 Å². The zero-order valence-corrected chi connectivity index (χ0v) is 11.3. The first-order valence-electron chi connectivity index (χ1n) is 7.01. The minimum absolute atomic E-state index is 0.111. The van der Waals surface area contributed by atoms with E-state index >= 15 is 0 Å². The third-order valence-corrected chi connectivity index (χ3v) is 3.72. The fourth-order valence-electron chi connectivity index (χ4n) is 2.78. The Balaban J connectivity index is 2.06. The van der Waals surface area contributed by atoms with Crippen LogP contribution in [-0.4, -0.2) is 12.6 Å². The van der Waals surface area contributed by atoms with Gasteiger partial charge in [0.15, 0.2) is 0 Å². The van der Waals surface area contributed by atoms with Crippen LogP contribution in [0.15, 0.2) is 43.0 Å². The molecule has 0 aromatic heterocycles. The normalized spacial score (nSPS) is 16.8. The molecule has 0 spiro atoms. The number of rotatable bonds is 5. The Morgan fingerprint density at radius 2 is 2.00 bits per heavy atom. The standard InChI is InChI=1S/C16H22N2O/c1-2-12-17-16(19)18-15(14-10-6-7-11-14)13-8-4-3-5-9-13/h2-5,8-9,14-15H,1,6-7,10-12H2,(H2,17,18,19). The van der Waals surface area contributed by atoms with Crippen LogP contribution in [0, 0.1) is 5.92 Å². The quantitative estimate of drug-likeness (QED) is 0.781. The first-order chi connectivity index (χ1) is 9.31. The van der Waals surface area contributed by atoms with Gasteiger partial charge in [0.05, 0.1) is 6.04 Å². The average molecular weight is 258 g/mol. The molecule has 1 aromatic carbocycles. The van der Waals surface area contributed by atoms with Crippen molar-refractivity contribution in [1.82, 2.24) is 10.6 Å². The Bertz CT molecular complexity index is 410. The molecule has 1 saturated carbocycles. The van der Waals surface area contributed by atoms with Crippen LogP contribution in [0.2, 0.25) is 0 Å². The van der Waals surface area contributed by atoms with Gasteiger partial charge < -0.3 is 10.6 Å². The lowest BCUT2D eigenvalue weighted by molar-refractivity contribution is 0.232. The maximum Gasteiger partial charge on any atom is 0.315 e. The molecule has 0 radical (unpaired) electrons. The Hall–Kier alpha value is -1.77. The summed E-state index contributed by atoms with van der Waals surface area (Å²) in [6.07, 6.45) is 6.61. The minimum atomic E-state index is -0.111. The summed E-state index contributed by atoms with van der Waals surface area (Å²) in [5.74, 6) is 0.553. The third kappa shape index (κ3) is 3.85. The van der Waals surface area contributed by atoms with Gasteiger partial charge in [-0.05, 0) is 24.3 Å². The number of carbonyl (C=O) groups excluding carboxylic acids is 1. The lowest BCUT2D eigenvalue weighted by atomic mass is 9.92. The van der Waals surface area contributed by atoms with Crippen LogP contribution in [0.1, 0.15) is 37.3 Å². The second-order valence-electron chi connectivity index (χ2n) is 5.08. The minimum Gasteiger partial charge on any atom is -0.335 e. The zero-order valence-electron chi connectivity index (χ0n) is 11.3. The molecular formula is C16H22N2O. The molecule has 2 amide bonds. The van der Waals surface area contributed by atoms with Gasteiger partial charge in [-0.15, -0.1) is 6.58 Å². The molecule has 19 heavy (non-hydrogen) atoms. The Morgan fingerprint density at radius 1 is 1.32 bits per heavy atom. The van der Waals surface area contributed by atoms with Gasteiger partial charge in [0.25, 0.3) is 0 Å². The van der Waals surface area contributed by atoms with Crippen molar-refractivity contribution < 1.29 is 4.79 Å². The lowest BCUT2D eigenvalue weighted by Gasteiger charge is -2.25. The highest BCUT2D eigenvalue weighted by Crippen LogP contribution is 2.35. The second kappa shape index (κ2) is 6.98. The van der Waals surface area contributed by atoms with Crippen LogP contribution in [0.5, 0.6) is 0 Å². The molecule has 0 bridgehead atoms. The Kier molecular flexibility index (Phi) is 5.01. The molecule has 3 heteroatoms. The van der Waals surface area contributed by atoms with E-state index in [0.717, 1.165) is 0 Å². The van der Waals surface area contributed by atoms with Crippen LogP contribution in [0.25, 0.3) is 0 Å². The molecular weight excluding hydrogens is 236 g/mol. The van der Waals surface area contributed by atoms with Crippen LogP contribution >= 0.6 is 0 Å². The van der Waals surface area contributed by atoms with Crippen molar-refractivity contribution in [2.75, 3.05) is 6.54 Å². The van der Waals surface area contributed by atoms with Crippen molar-refractivity contribution in [2.24, 2.45) is 5.92 Å². The van der Waals surface area contributed by atoms with Gasteiger partial charge in [-0.25, -0.2) is 4.79 Å². The van der Waals surface area contributed by atoms with Crippen molar-refractivity contribution in [3.05, 3.63) is 48.6 Å². The highest BCUT2D eigenvalue weighted by atomic mass is 16.2. The van der Waals surface area contributed by atoms with E-state index in [9.17, 15) is 4.79 Å². The van der Waals surface area contributed by atoms with E-state index in [1.165, 1.54) is 31.2 Å². The van der Waals surface area contributed by atoms with Crippen molar-refractivity contribution in [1.29, 1.82) is 0 Å². The van der Waals surface area contributed by atoms with E-state index in [1.54, 1.807) is 6.08 Å². The third-order valence-electron chi connectivity index (χ3n) is 3.72. The number of amides is 2. The summed E-state index contributed by atoms with van der Waals surface area (Å²) in [6.45, 7) is 4.10. The Morgan fingerprint density at radius 3 is 2.63 bits per heavy atom. The molecule has 1 fully saturated rings. The predicted octanol–water partition coefficient (Wildman–Crippen LogP) is 3.40. The predicted molar refractivity (Wildman–Crippen MR) is 77.9 cm³/mol. The SMILES string of the molecule is C=CCNC(=O)NC(c1ccccc1)C1CCCC1. The summed E-state index contributed by atoms with van der Waals surface area (Å²) in [4.78, 5) is 11.9. The molecule has 0 heterocycles. The number of nitrogens with one attached hydrogen (secondary N) is 2. The van der Waals surface area contributed by atoms with E-state index in [1.807, 2.05) is 18.2 Å². The van der Waals surface area contributed by atoms with E-state index in [-0.39, 0.29) is 12.1 Å². The number of hydrogen-bond donors (Lipinski definition) is 2. The van der Waals surface area contributed by atoms with E-state index in [0.29, 0.717) is 12.5 Å². The molecule has 102 valence electrons. The Labute approximate surface area is 115 Å². The summed E-state index contributed by atoms with van der Waals surface area (Å²) in [5, 5.41) is 5.90. The summed E-state index contributed by atoms with van der Waals surface area (Å²) in [5.41, 5.74) is 1.20. The summed E-state index contributed by atoms with van der Waals surface area (Å²) in [6, 6.07) is 10.3. The van der Waals surface area contributed by atoms with E-state index < -0.39 is 0 Å². The largest absolute Gasteiger partial charge is 0.335 e. The molecule has 0 aliphatic heterocycles. The number of benzene rings is 1. The molecule has 1 atom stereocenters. The molecule has 2 N–H and O–H groups in total. The van der Waals surface area contributed by atoms with Gasteiger partial charge in [-0.1, -0.05) is 49.2 Å². The van der Waals surface area contributed by atoms with Gasteiger partial charge in [0.1, 0.15) is 0 Å². The van der Waals surface area contributed by atoms with Crippen molar-refractivity contribution >= 4 is 6.03 Å². The van der Waals surface area contributed by atoms with Gasteiger partial charge in [-0.3, -0.25) is 0 Å². The summed E-state index contributed by atoms with van der Waals surface area (Å²) in [7, 11) is 0. The molecule has 1 unspecified atom stereocenters. The smallest absolute Gasteiger partial charge is 0.315 e. The topological polar surface area (TPSA) is 41.1 Å². The van der Waals surface area contributed by atoms with Crippen molar-refractivity contribution in [3.8, 4) is 0 Å². The highest BCUT2D eigenvalue weighted by molar-refractivity contribution is 5.74. The van der Waals surface area contributed by atoms with Gasteiger partial charge in [-0.2, -0.15) is 0 Å². The molecule has 3 nitrogen and oxygen atoms in total. The van der Waals surface area contributed by atoms with Gasteiger partial charge >= 0.3 is 6.03 Å². The van der Waals surface area contributed by atoms with Gasteiger partial charge in [0.2, 0.25) is 0 Å². The van der Waals surface area contributed by atoms with E-state index in [2.05, 4.69) is 29.3 Å². The molecule has 1 aliphatic carbocycles. The fourth-order valence-corrected chi connectivity index (χ4v) is 2.78. The molecule has 1 aromatic rings. The highest BCUT2D eigenvalue weighted by Gasteiger charge is 2.27. The second-order valence-corrected chi connectivity index (χ2v) is 5.08. The van der Waals surface area contributed by atoms with Gasteiger partial charge in [0, 0.05) is 6.54 Å². The number of carbonyl (C=O) groups is 1. The van der Waals surface area contributed by atoms with Crippen molar-refractivity contribution in [3.63, 3.8) is 0 Å². The molecule has 0 saturated heterocycles. The first kappa shape index (κ1) is 13.7. The van der Waals surface area contributed by atoms with Crippen LogP contribution in [-0.2, 0) is 0 Å². The molecule has 2 rings (SSSR count). The van der Waals surface area contributed by atoms with Crippen LogP contribution in [0.4, 0.5) is 4.79 Å². The average Bonchev–Trinajstić information content (AvgIpc) is 2.97. The van der Waals surface area contributed by atoms with Crippen molar-refractivity contribution in [2.45, 2.75) is 31.7 Å². The van der Waals surface area contributed by atoms with Crippen LogP contribution in [0.3, 0.4) is 0 Å². The fraction of sp³-hybridized carbons (Fsp3) is 0.438. The maximum absolute atomic E-state index is 11.9. The molecule has 1 aliphatic rings. The maximum atomic E-state index is 11.9. The summed E-state index contributed by atoms with van der Waals surface area (Å²) >= 11 is 0. The summed E-state index contributed by atoms with van der Waals surface area (Å²) < 4.78 is 0. The first-order valence-corrected chi connectivity index (χ1v) is 7.01.